The zero-order chi connectivity index (χ0) is 31.6. The molecule has 1 N–H and O–H groups in total. The van der Waals surface area contributed by atoms with Gasteiger partial charge in [-0.05, 0) is 54.4 Å². The molecule has 42 heavy (non-hydrogen) atoms. The molecule has 0 saturated carbocycles. The number of nitrogens with one attached hydrogen (secondary N) is 1. The van der Waals surface area contributed by atoms with E-state index in [2.05, 4.69) is 24.2 Å². The van der Waals surface area contributed by atoms with Crippen molar-refractivity contribution in [1.82, 2.24) is 10.2 Å². The second-order valence-electron chi connectivity index (χ2n) is 11.8. The minimum Gasteiger partial charge on any atom is -0.444 e. The number of hydrogen-bond donors (Lipinski definition) is 1. The topological polar surface area (TPSA) is 105 Å². The Hall–Kier alpha value is -2.16. The first kappa shape index (κ1) is 37.9. The highest BCUT2D eigenvalue weighted by molar-refractivity contribution is 5.77. The lowest BCUT2D eigenvalue weighted by Crippen LogP contribution is -2.64. The van der Waals surface area contributed by atoms with Crippen molar-refractivity contribution < 1.29 is 38.0 Å². The molecule has 1 saturated heterocycles. The van der Waals surface area contributed by atoms with E-state index in [-0.39, 0.29) is 49.6 Å². The molecule has 1 fully saturated rings. The summed E-state index contributed by atoms with van der Waals surface area (Å²) in [6.07, 6.45) is 11.4. The predicted octanol–water partition coefficient (Wildman–Crippen LogP) is 4.36. The monoisotopic (exact) mass is 596 g/mol. The first-order chi connectivity index (χ1) is 19.9. The van der Waals surface area contributed by atoms with Gasteiger partial charge in [-0.15, -0.1) is 6.42 Å². The van der Waals surface area contributed by atoms with E-state index in [1.54, 1.807) is 12.0 Å². The van der Waals surface area contributed by atoms with E-state index in [0.29, 0.717) is 46.1 Å². The first-order valence-corrected chi connectivity index (χ1v) is 15.2. The number of allylic oxidation sites excluding steroid dienone is 1. The SMILES string of the molecule is C#CCOCCOCCOCCOCCC(=O)N[C@H]([C@H]1[C@H](/C=C\C)CC(C)N1C(=O)OC(C)(C)C)[C@](C)(CCC)OC. The summed E-state index contributed by atoms with van der Waals surface area (Å²) in [5, 5.41) is 3.24. The van der Waals surface area contributed by atoms with Crippen LogP contribution in [0.1, 0.15) is 74.1 Å². The fourth-order valence-electron chi connectivity index (χ4n) is 5.29. The number of nitrogens with zero attached hydrogens (tertiary/aromatic N) is 1. The highest BCUT2D eigenvalue weighted by atomic mass is 16.6. The van der Waals surface area contributed by atoms with Gasteiger partial charge in [0, 0.05) is 25.5 Å². The van der Waals surface area contributed by atoms with Crippen LogP contribution in [-0.4, -0.2) is 106 Å². The molecule has 242 valence electrons. The Morgan fingerprint density at radius 2 is 1.60 bits per heavy atom. The van der Waals surface area contributed by atoms with Crippen LogP contribution in [0.2, 0.25) is 0 Å². The van der Waals surface area contributed by atoms with Crippen LogP contribution in [0.25, 0.3) is 0 Å². The molecule has 0 aromatic rings. The van der Waals surface area contributed by atoms with Gasteiger partial charge in [-0.25, -0.2) is 4.79 Å². The Labute approximate surface area is 254 Å². The van der Waals surface area contributed by atoms with Crippen molar-refractivity contribution in [1.29, 1.82) is 0 Å². The van der Waals surface area contributed by atoms with Crippen LogP contribution in [0.5, 0.6) is 0 Å². The van der Waals surface area contributed by atoms with Gasteiger partial charge in [-0.2, -0.15) is 0 Å². The molecule has 0 bridgehead atoms. The zero-order valence-electron chi connectivity index (χ0n) is 27.2. The van der Waals surface area contributed by atoms with E-state index < -0.39 is 17.2 Å². The van der Waals surface area contributed by atoms with Crippen LogP contribution in [0.4, 0.5) is 4.79 Å². The van der Waals surface area contributed by atoms with E-state index >= 15 is 0 Å². The molecule has 1 rings (SSSR count). The molecule has 0 aromatic carbocycles. The molecule has 0 spiro atoms. The standard InChI is InChI=1S/C32H56N2O8/c1-10-13-26-24-25(4)34(30(36)42-31(5,6)7)28(26)29(32(8,37-9)15-11-2)33-27(35)14-17-39-19-21-41-23-22-40-20-18-38-16-12-3/h3,10,13,25-26,28-29H,11,14-24H2,1-2,4-9H3,(H,33,35)/b13-10-/t25?,26-,28-,29-,32+/m1/s1. The molecule has 1 aliphatic heterocycles. The third-order valence-electron chi connectivity index (χ3n) is 7.20. The second kappa shape index (κ2) is 19.9. The van der Waals surface area contributed by atoms with Crippen LogP contribution < -0.4 is 5.32 Å². The molecule has 1 heterocycles. The number of carbonyl (C=O) groups excluding carboxylic acids is 2. The summed E-state index contributed by atoms with van der Waals surface area (Å²) in [5.41, 5.74) is -1.35. The maximum Gasteiger partial charge on any atom is 0.410 e. The molecule has 0 aromatic heterocycles. The smallest absolute Gasteiger partial charge is 0.410 e. The number of terminal acetylenes is 1. The molecule has 1 aliphatic rings. The van der Waals surface area contributed by atoms with Crippen molar-refractivity contribution in [3.8, 4) is 12.3 Å². The highest BCUT2D eigenvalue weighted by Crippen LogP contribution is 2.39. The van der Waals surface area contributed by atoms with Crippen molar-refractivity contribution >= 4 is 12.0 Å². The summed E-state index contributed by atoms with van der Waals surface area (Å²) in [7, 11) is 1.66. The lowest BCUT2D eigenvalue weighted by Gasteiger charge is -2.45. The average molecular weight is 597 g/mol. The Balaban J connectivity index is 2.80. The van der Waals surface area contributed by atoms with E-state index in [4.69, 9.17) is 34.8 Å². The normalized spacial score (nSPS) is 21.2. The Morgan fingerprint density at radius 3 is 2.10 bits per heavy atom. The van der Waals surface area contributed by atoms with Gasteiger partial charge in [-0.3, -0.25) is 9.69 Å². The van der Waals surface area contributed by atoms with Crippen LogP contribution in [0.15, 0.2) is 12.2 Å². The largest absolute Gasteiger partial charge is 0.444 e. The third-order valence-corrected chi connectivity index (χ3v) is 7.20. The summed E-state index contributed by atoms with van der Waals surface area (Å²) in [6, 6.07) is -0.871. The van der Waals surface area contributed by atoms with Gasteiger partial charge >= 0.3 is 6.09 Å². The Kier molecular flexibility index (Phi) is 18.0. The van der Waals surface area contributed by atoms with Crippen LogP contribution in [0, 0.1) is 18.3 Å². The Bertz CT molecular complexity index is 852. The van der Waals surface area contributed by atoms with E-state index in [1.165, 1.54) is 0 Å². The van der Waals surface area contributed by atoms with Crippen LogP contribution in [-0.2, 0) is 33.2 Å². The molecule has 2 amide bonds. The van der Waals surface area contributed by atoms with Crippen molar-refractivity contribution in [2.45, 2.75) is 103 Å². The maximum atomic E-state index is 13.5. The van der Waals surface area contributed by atoms with Gasteiger partial charge in [0.15, 0.2) is 0 Å². The van der Waals surface area contributed by atoms with E-state index in [9.17, 15) is 9.59 Å². The quantitative estimate of drug-likeness (QED) is 0.126. The Morgan fingerprint density at radius 1 is 1.02 bits per heavy atom. The predicted molar refractivity (Wildman–Crippen MR) is 163 cm³/mol. The number of likely N-dealkylation sites (tertiary alicyclic amines) is 1. The molecule has 0 radical (unpaired) electrons. The van der Waals surface area contributed by atoms with E-state index in [1.807, 2.05) is 47.6 Å². The summed E-state index contributed by atoms with van der Waals surface area (Å²) in [4.78, 5) is 28.5. The fraction of sp³-hybridized carbons (Fsp3) is 0.812. The van der Waals surface area contributed by atoms with Crippen molar-refractivity contribution in [2.24, 2.45) is 5.92 Å². The number of methoxy groups -OCH3 is 1. The minimum absolute atomic E-state index is 0.0296. The van der Waals surface area contributed by atoms with Gasteiger partial charge in [0.1, 0.15) is 12.2 Å². The van der Waals surface area contributed by atoms with Gasteiger partial charge in [0.05, 0.1) is 63.9 Å². The van der Waals surface area contributed by atoms with Gasteiger partial charge in [0.25, 0.3) is 0 Å². The summed E-state index contributed by atoms with van der Waals surface area (Å²) >= 11 is 0. The van der Waals surface area contributed by atoms with Gasteiger partial charge in [0.2, 0.25) is 5.91 Å². The number of hydrogen-bond acceptors (Lipinski definition) is 8. The number of amides is 2. The van der Waals surface area contributed by atoms with Crippen LogP contribution in [0.3, 0.4) is 0 Å². The molecule has 1 unspecified atom stereocenters. The molecule has 0 aliphatic carbocycles. The zero-order valence-corrected chi connectivity index (χ0v) is 27.2. The van der Waals surface area contributed by atoms with Gasteiger partial charge < -0.3 is 33.7 Å². The van der Waals surface area contributed by atoms with Crippen molar-refractivity contribution in [2.75, 3.05) is 60.0 Å². The molecule has 5 atom stereocenters. The van der Waals surface area contributed by atoms with Crippen LogP contribution >= 0.6 is 0 Å². The third kappa shape index (κ3) is 13.4. The molecule has 10 nitrogen and oxygen atoms in total. The molecular weight excluding hydrogens is 540 g/mol. The summed E-state index contributed by atoms with van der Waals surface area (Å²) < 4.78 is 33.6. The summed E-state index contributed by atoms with van der Waals surface area (Å²) in [6.45, 7) is 16.8. The average Bonchev–Trinajstić information content (AvgIpc) is 3.24. The second-order valence-corrected chi connectivity index (χ2v) is 11.8. The lowest BCUT2D eigenvalue weighted by molar-refractivity contribution is -0.128. The minimum atomic E-state index is -0.705. The highest BCUT2D eigenvalue weighted by Gasteiger charge is 2.52. The number of rotatable bonds is 20. The lowest BCUT2D eigenvalue weighted by atomic mass is 9.80. The fourth-order valence-corrected chi connectivity index (χ4v) is 5.29. The molecule has 10 heteroatoms. The first-order valence-electron chi connectivity index (χ1n) is 15.2. The summed E-state index contributed by atoms with van der Waals surface area (Å²) in [5.74, 6) is 2.26. The number of ether oxygens (including phenoxy) is 6. The van der Waals surface area contributed by atoms with Gasteiger partial charge in [-0.1, -0.05) is 31.4 Å². The maximum absolute atomic E-state index is 13.5. The van der Waals surface area contributed by atoms with Crippen molar-refractivity contribution in [3.63, 3.8) is 0 Å². The molecular formula is C32H56N2O8. The number of carbonyl (C=O) groups is 2. The van der Waals surface area contributed by atoms with E-state index in [0.717, 1.165) is 12.8 Å². The van der Waals surface area contributed by atoms with Crippen molar-refractivity contribution in [3.05, 3.63) is 12.2 Å².